The molecule has 2 rings (SSSR count). The molecule has 0 saturated carbocycles. The van der Waals surface area contributed by atoms with Crippen LogP contribution in [0.3, 0.4) is 0 Å². The van der Waals surface area contributed by atoms with E-state index in [9.17, 15) is 13.6 Å². The normalized spacial score (nSPS) is 16.8. The molecule has 2 N–H and O–H groups in total. The molecule has 4 nitrogen and oxygen atoms in total. The predicted molar refractivity (Wildman–Crippen MR) is 76.8 cm³/mol. The van der Waals surface area contributed by atoms with Crippen molar-refractivity contribution in [3.05, 3.63) is 35.4 Å². The molecule has 1 aromatic carbocycles. The lowest BCUT2D eigenvalue weighted by Gasteiger charge is -2.21. The summed E-state index contributed by atoms with van der Waals surface area (Å²) in [6.07, 6.45) is 1.01. The smallest absolute Gasteiger partial charge is 0.227 e. The van der Waals surface area contributed by atoms with Crippen LogP contribution in [0.15, 0.2) is 18.2 Å². The molecule has 21 heavy (non-hydrogen) atoms. The van der Waals surface area contributed by atoms with E-state index < -0.39 is 11.6 Å². The maximum atomic E-state index is 13.2. The lowest BCUT2D eigenvalue weighted by molar-refractivity contribution is -0.130. The topological polar surface area (TPSA) is 49.6 Å². The Balaban J connectivity index is 1.92. The average Bonchev–Trinajstić information content (AvgIpc) is 2.69. The first-order valence-electron chi connectivity index (χ1n) is 7.24. The van der Waals surface area contributed by atoms with Crippen LogP contribution >= 0.6 is 0 Å². The molecule has 0 aliphatic carbocycles. The second kappa shape index (κ2) is 7.47. The van der Waals surface area contributed by atoms with Gasteiger partial charge in [-0.15, -0.1) is 0 Å². The molecule has 1 amide bonds. The van der Waals surface area contributed by atoms with Crippen LogP contribution in [0.1, 0.15) is 12.0 Å². The summed E-state index contributed by atoms with van der Waals surface area (Å²) in [5, 5.41) is 0. The summed E-state index contributed by atoms with van der Waals surface area (Å²) in [7, 11) is 0. The molecular weight excluding hydrogens is 276 g/mol. The fourth-order valence-corrected chi connectivity index (χ4v) is 2.56. The third-order valence-electron chi connectivity index (χ3n) is 3.73. The van der Waals surface area contributed by atoms with Crippen molar-refractivity contribution in [2.75, 3.05) is 39.3 Å². The van der Waals surface area contributed by atoms with Gasteiger partial charge in [0, 0.05) is 32.7 Å². The Hall–Kier alpha value is -1.53. The van der Waals surface area contributed by atoms with Crippen molar-refractivity contribution in [2.24, 2.45) is 5.73 Å². The van der Waals surface area contributed by atoms with Crippen molar-refractivity contribution < 1.29 is 13.6 Å². The Morgan fingerprint density at radius 3 is 2.67 bits per heavy atom. The number of benzene rings is 1. The predicted octanol–water partition coefficient (Wildman–Crippen LogP) is 1.00. The molecule has 1 aliphatic heterocycles. The van der Waals surface area contributed by atoms with Crippen molar-refractivity contribution in [2.45, 2.75) is 12.8 Å². The molecule has 1 aromatic rings. The van der Waals surface area contributed by atoms with Gasteiger partial charge in [0.1, 0.15) is 0 Å². The molecular formula is C15H21F2N3O. The summed E-state index contributed by atoms with van der Waals surface area (Å²) in [6.45, 7) is 4.55. The van der Waals surface area contributed by atoms with Crippen LogP contribution in [0.2, 0.25) is 0 Å². The van der Waals surface area contributed by atoms with E-state index in [1.54, 1.807) is 4.90 Å². The number of nitrogens with zero attached hydrogens (tertiary/aromatic N) is 2. The van der Waals surface area contributed by atoms with Gasteiger partial charge in [0.15, 0.2) is 11.6 Å². The zero-order valence-electron chi connectivity index (χ0n) is 12.0. The number of hydrogen-bond donors (Lipinski definition) is 1. The Morgan fingerprint density at radius 2 is 1.95 bits per heavy atom. The van der Waals surface area contributed by atoms with Crippen molar-refractivity contribution in [1.82, 2.24) is 9.80 Å². The minimum absolute atomic E-state index is 0.0457. The first kappa shape index (κ1) is 15.9. The van der Waals surface area contributed by atoms with Gasteiger partial charge in [0.25, 0.3) is 0 Å². The van der Waals surface area contributed by atoms with Crippen molar-refractivity contribution >= 4 is 5.91 Å². The standard InChI is InChI=1S/C15H21F2N3O/c16-13-3-2-12(10-14(13)17)11-15(21)20-6-1-5-19(7-4-18)8-9-20/h2-3,10H,1,4-9,11,18H2. The zero-order valence-corrected chi connectivity index (χ0v) is 12.0. The van der Waals surface area contributed by atoms with Gasteiger partial charge in [0.05, 0.1) is 6.42 Å². The number of hydrogen-bond acceptors (Lipinski definition) is 3. The molecule has 0 aromatic heterocycles. The van der Waals surface area contributed by atoms with Gasteiger partial charge < -0.3 is 15.5 Å². The van der Waals surface area contributed by atoms with Crippen molar-refractivity contribution in [1.29, 1.82) is 0 Å². The number of rotatable bonds is 4. The quantitative estimate of drug-likeness (QED) is 0.902. The van der Waals surface area contributed by atoms with Crippen LogP contribution in [-0.2, 0) is 11.2 Å². The maximum absolute atomic E-state index is 13.2. The second-order valence-corrected chi connectivity index (χ2v) is 5.29. The molecule has 0 spiro atoms. The summed E-state index contributed by atoms with van der Waals surface area (Å²) in [5.74, 6) is -1.85. The third kappa shape index (κ3) is 4.47. The Bertz CT molecular complexity index is 496. The highest BCUT2D eigenvalue weighted by atomic mass is 19.2. The van der Waals surface area contributed by atoms with Crippen LogP contribution in [0.4, 0.5) is 8.78 Å². The highest BCUT2D eigenvalue weighted by Gasteiger charge is 2.19. The number of halogens is 2. The van der Waals surface area contributed by atoms with E-state index in [0.29, 0.717) is 25.2 Å². The summed E-state index contributed by atoms with van der Waals surface area (Å²) in [6, 6.07) is 3.60. The lowest BCUT2D eigenvalue weighted by Crippen LogP contribution is -2.37. The van der Waals surface area contributed by atoms with E-state index in [4.69, 9.17) is 5.73 Å². The van der Waals surface area contributed by atoms with E-state index in [1.165, 1.54) is 6.07 Å². The minimum atomic E-state index is -0.912. The number of nitrogens with two attached hydrogens (primary N) is 1. The molecule has 6 heteroatoms. The van der Waals surface area contributed by atoms with E-state index >= 15 is 0 Å². The fraction of sp³-hybridized carbons (Fsp3) is 0.533. The molecule has 0 atom stereocenters. The Morgan fingerprint density at radius 1 is 1.14 bits per heavy atom. The summed E-state index contributed by atoms with van der Waals surface area (Å²) < 4.78 is 26.0. The van der Waals surface area contributed by atoms with Crippen LogP contribution < -0.4 is 5.73 Å². The van der Waals surface area contributed by atoms with Crippen LogP contribution in [-0.4, -0.2) is 55.0 Å². The monoisotopic (exact) mass is 297 g/mol. The molecule has 0 bridgehead atoms. The van der Waals surface area contributed by atoms with Gasteiger partial charge in [0.2, 0.25) is 5.91 Å². The van der Waals surface area contributed by atoms with Gasteiger partial charge in [-0.05, 0) is 30.7 Å². The lowest BCUT2D eigenvalue weighted by atomic mass is 10.1. The van der Waals surface area contributed by atoms with Crippen molar-refractivity contribution in [3.63, 3.8) is 0 Å². The molecule has 116 valence electrons. The zero-order chi connectivity index (χ0) is 15.2. The first-order valence-corrected chi connectivity index (χ1v) is 7.24. The number of amides is 1. The molecule has 1 heterocycles. The van der Waals surface area contributed by atoms with Gasteiger partial charge in [-0.25, -0.2) is 8.78 Å². The summed E-state index contributed by atoms with van der Waals surface area (Å²) in [5.41, 5.74) is 6.05. The van der Waals surface area contributed by atoms with Gasteiger partial charge in [-0.3, -0.25) is 4.79 Å². The van der Waals surface area contributed by atoms with Crippen LogP contribution in [0.5, 0.6) is 0 Å². The molecule has 0 radical (unpaired) electrons. The van der Waals surface area contributed by atoms with E-state index in [1.807, 2.05) is 0 Å². The van der Waals surface area contributed by atoms with Crippen LogP contribution in [0.25, 0.3) is 0 Å². The Labute approximate surface area is 123 Å². The molecule has 1 aliphatic rings. The van der Waals surface area contributed by atoms with Gasteiger partial charge in [-0.1, -0.05) is 6.07 Å². The highest BCUT2D eigenvalue weighted by molar-refractivity contribution is 5.78. The number of carbonyl (C=O) groups excluding carboxylic acids is 1. The van der Waals surface area contributed by atoms with E-state index in [2.05, 4.69) is 4.90 Å². The maximum Gasteiger partial charge on any atom is 0.227 e. The van der Waals surface area contributed by atoms with E-state index in [0.717, 1.165) is 38.2 Å². The minimum Gasteiger partial charge on any atom is -0.341 e. The van der Waals surface area contributed by atoms with Crippen LogP contribution in [0, 0.1) is 11.6 Å². The van der Waals surface area contributed by atoms with Crippen molar-refractivity contribution in [3.8, 4) is 0 Å². The molecule has 0 unspecified atom stereocenters. The fourth-order valence-electron chi connectivity index (χ4n) is 2.56. The SMILES string of the molecule is NCCN1CCCN(C(=O)Cc2ccc(F)c(F)c2)CC1. The second-order valence-electron chi connectivity index (χ2n) is 5.29. The van der Waals surface area contributed by atoms with E-state index in [-0.39, 0.29) is 12.3 Å². The average molecular weight is 297 g/mol. The first-order chi connectivity index (χ1) is 10.1. The molecule has 1 saturated heterocycles. The largest absolute Gasteiger partial charge is 0.341 e. The van der Waals surface area contributed by atoms with Gasteiger partial charge >= 0.3 is 0 Å². The van der Waals surface area contributed by atoms with Gasteiger partial charge in [-0.2, -0.15) is 0 Å². The third-order valence-corrected chi connectivity index (χ3v) is 3.73. The summed E-state index contributed by atoms with van der Waals surface area (Å²) in [4.78, 5) is 16.3. The Kier molecular flexibility index (Phi) is 5.64. The highest BCUT2D eigenvalue weighted by Crippen LogP contribution is 2.11. The number of carbonyl (C=O) groups is 1. The summed E-state index contributed by atoms with van der Waals surface area (Å²) >= 11 is 0. The molecule has 1 fully saturated rings.